The average Bonchev–Trinajstić information content (AvgIpc) is 2.61. The highest BCUT2D eigenvalue weighted by molar-refractivity contribution is 5.69. The molecule has 0 unspecified atom stereocenters. The lowest BCUT2D eigenvalue weighted by molar-refractivity contribution is 0.505. The Balaban J connectivity index is 2.37. The second-order valence-corrected chi connectivity index (χ2v) is 4.54. The Labute approximate surface area is 112 Å². The fraction of sp³-hybridized carbons (Fsp3) is 0.333. The summed E-state index contributed by atoms with van der Waals surface area (Å²) in [5.41, 5.74) is 3.13. The molecule has 4 nitrogen and oxygen atoms in total. The van der Waals surface area contributed by atoms with Crippen LogP contribution in [-0.4, -0.2) is 9.78 Å². The van der Waals surface area contributed by atoms with Crippen LogP contribution in [0.4, 0.5) is 0 Å². The van der Waals surface area contributed by atoms with Crippen LogP contribution in [0, 0.1) is 20.8 Å². The fourth-order valence-electron chi connectivity index (χ4n) is 2.13. The van der Waals surface area contributed by atoms with E-state index in [0.717, 1.165) is 23.5 Å². The molecule has 0 radical (unpaired) electrons. The smallest absolute Gasteiger partial charge is 0.185 e. The first-order valence-corrected chi connectivity index (χ1v) is 6.35. The molecular formula is C15H18N2O2. The highest BCUT2D eigenvalue weighted by Gasteiger charge is 2.07. The largest absolute Gasteiger partial charge is 0.462 e. The van der Waals surface area contributed by atoms with Gasteiger partial charge in [-0.15, -0.1) is 0 Å². The molecule has 4 heteroatoms. The van der Waals surface area contributed by atoms with Crippen molar-refractivity contribution in [3.05, 3.63) is 50.8 Å². The summed E-state index contributed by atoms with van der Waals surface area (Å²) in [5.74, 6) is 1.18. The Kier molecular flexibility index (Phi) is 3.69. The average molecular weight is 258 g/mol. The molecule has 0 saturated heterocycles. The van der Waals surface area contributed by atoms with Crippen LogP contribution in [0.25, 0.3) is 12.2 Å². The van der Waals surface area contributed by atoms with Gasteiger partial charge in [0, 0.05) is 29.9 Å². The third-order valence-corrected chi connectivity index (χ3v) is 3.06. The predicted molar refractivity (Wildman–Crippen MR) is 76.0 cm³/mol. The van der Waals surface area contributed by atoms with Gasteiger partial charge in [0.1, 0.15) is 11.5 Å². The number of rotatable bonds is 3. The summed E-state index contributed by atoms with van der Waals surface area (Å²) in [7, 11) is 0. The van der Waals surface area contributed by atoms with Crippen molar-refractivity contribution in [1.82, 2.24) is 9.78 Å². The molecule has 2 aromatic rings. The maximum absolute atomic E-state index is 11.4. The fourth-order valence-corrected chi connectivity index (χ4v) is 2.13. The van der Waals surface area contributed by atoms with Crippen molar-refractivity contribution in [3.63, 3.8) is 0 Å². The molecule has 0 amide bonds. The van der Waals surface area contributed by atoms with E-state index in [4.69, 9.17) is 4.42 Å². The predicted octanol–water partition coefficient (Wildman–Crippen LogP) is 2.95. The van der Waals surface area contributed by atoms with Gasteiger partial charge in [-0.05, 0) is 39.8 Å². The minimum Gasteiger partial charge on any atom is -0.462 e. The van der Waals surface area contributed by atoms with E-state index in [1.807, 2.05) is 30.7 Å². The van der Waals surface area contributed by atoms with Gasteiger partial charge in [0.15, 0.2) is 5.43 Å². The molecule has 0 aliphatic heterocycles. The van der Waals surface area contributed by atoms with Gasteiger partial charge in [0.2, 0.25) is 0 Å². The van der Waals surface area contributed by atoms with Crippen LogP contribution >= 0.6 is 0 Å². The second-order valence-electron chi connectivity index (χ2n) is 4.54. The number of hydrogen-bond acceptors (Lipinski definition) is 3. The molecule has 0 N–H and O–H groups in total. The highest BCUT2D eigenvalue weighted by Crippen LogP contribution is 2.16. The van der Waals surface area contributed by atoms with Crippen LogP contribution < -0.4 is 5.43 Å². The van der Waals surface area contributed by atoms with Gasteiger partial charge in [-0.2, -0.15) is 5.10 Å². The van der Waals surface area contributed by atoms with Crippen LogP contribution in [0.1, 0.15) is 35.4 Å². The number of aryl methyl sites for hydroxylation is 3. The zero-order valence-corrected chi connectivity index (χ0v) is 11.7. The molecule has 0 aliphatic carbocycles. The molecule has 0 saturated carbocycles. The Morgan fingerprint density at radius 3 is 2.58 bits per heavy atom. The van der Waals surface area contributed by atoms with Gasteiger partial charge in [-0.25, -0.2) is 0 Å². The zero-order valence-electron chi connectivity index (χ0n) is 11.7. The monoisotopic (exact) mass is 258 g/mol. The van der Waals surface area contributed by atoms with Crippen molar-refractivity contribution in [3.8, 4) is 0 Å². The van der Waals surface area contributed by atoms with Gasteiger partial charge < -0.3 is 4.42 Å². The van der Waals surface area contributed by atoms with E-state index < -0.39 is 0 Å². The summed E-state index contributed by atoms with van der Waals surface area (Å²) in [6.45, 7) is 8.69. The van der Waals surface area contributed by atoms with E-state index in [2.05, 4.69) is 12.0 Å². The van der Waals surface area contributed by atoms with Crippen molar-refractivity contribution in [1.29, 1.82) is 0 Å². The van der Waals surface area contributed by atoms with E-state index in [1.165, 1.54) is 12.1 Å². The number of nitrogens with zero attached hydrogens (tertiary/aromatic N) is 2. The number of aromatic nitrogens is 2. The lowest BCUT2D eigenvalue weighted by Crippen LogP contribution is -1.98. The zero-order chi connectivity index (χ0) is 14.0. The van der Waals surface area contributed by atoms with E-state index in [-0.39, 0.29) is 5.43 Å². The van der Waals surface area contributed by atoms with Crippen molar-refractivity contribution in [2.75, 3.05) is 0 Å². The van der Waals surface area contributed by atoms with Crippen LogP contribution in [0.15, 0.2) is 21.3 Å². The van der Waals surface area contributed by atoms with E-state index in [1.54, 1.807) is 6.92 Å². The van der Waals surface area contributed by atoms with Gasteiger partial charge in [-0.3, -0.25) is 9.48 Å². The Hall–Kier alpha value is -2.10. The summed E-state index contributed by atoms with van der Waals surface area (Å²) >= 11 is 0. The van der Waals surface area contributed by atoms with Crippen molar-refractivity contribution < 1.29 is 4.42 Å². The quantitative estimate of drug-likeness (QED) is 0.850. The third kappa shape index (κ3) is 2.84. The van der Waals surface area contributed by atoms with Crippen LogP contribution in [0.2, 0.25) is 0 Å². The summed E-state index contributed by atoms with van der Waals surface area (Å²) in [4.78, 5) is 11.4. The molecule has 2 aromatic heterocycles. The third-order valence-electron chi connectivity index (χ3n) is 3.06. The summed E-state index contributed by atoms with van der Waals surface area (Å²) in [6, 6.07) is 2.96. The van der Waals surface area contributed by atoms with E-state index in [9.17, 15) is 4.79 Å². The van der Waals surface area contributed by atoms with Gasteiger partial charge >= 0.3 is 0 Å². The summed E-state index contributed by atoms with van der Waals surface area (Å²) in [5, 5.41) is 4.45. The topological polar surface area (TPSA) is 48.0 Å². The maximum atomic E-state index is 11.4. The van der Waals surface area contributed by atoms with E-state index >= 15 is 0 Å². The van der Waals surface area contributed by atoms with Gasteiger partial charge in [0.25, 0.3) is 0 Å². The highest BCUT2D eigenvalue weighted by atomic mass is 16.3. The molecule has 19 heavy (non-hydrogen) atoms. The molecule has 100 valence electrons. The Morgan fingerprint density at radius 1 is 1.26 bits per heavy atom. The molecule has 0 spiro atoms. The standard InChI is InChI=1S/C15H18N2O2/c1-5-17-12(4)15(11(3)16-17)7-6-14-9-13(18)8-10(2)19-14/h6-9H,5H2,1-4H3/b7-6+. The Morgan fingerprint density at radius 2 is 2.00 bits per heavy atom. The first-order valence-electron chi connectivity index (χ1n) is 6.35. The molecule has 2 heterocycles. The minimum atomic E-state index is -0.0407. The SMILES string of the molecule is CCn1nc(C)c(/C=C/c2cc(=O)cc(C)o2)c1C. The molecular weight excluding hydrogens is 240 g/mol. The van der Waals surface area contributed by atoms with Gasteiger partial charge in [0.05, 0.1) is 5.69 Å². The lowest BCUT2D eigenvalue weighted by atomic mass is 10.1. The molecule has 0 atom stereocenters. The molecule has 0 fully saturated rings. The van der Waals surface area contributed by atoms with Crippen molar-refractivity contribution >= 4 is 12.2 Å². The lowest BCUT2D eigenvalue weighted by Gasteiger charge is -1.99. The Bertz CT molecular complexity index is 678. The van der Waals surface area contributed by atoms with Crippen LogP contribution in [0.5, 0.6) is 0 Å². The van der Waals surface area contributed by atoms with E-state index in [0.29, 0.717) is 11.5 Å². The normalized spacial score (nSPS) is 11.4. The first-order chi connectivity index (χ1) is 9.01. The molecule has 2 rings (SSSR count). The van der Waals surface area contributed by atoms with Crippen molar-refractivity contribution in [2.45, 2.75) is 34.2 Å². The van der Waals surface area contributed by atoms with Gasteiger partial charge in [-0.1, -0.05) is 0 Å². The summed E-state index contributed by atoms with van der Waals surface area (Å²) in [6.07, 6.45) is 3.76. The number of hydrogen-bond donors (Lipinski definition) is 0. The van der Waals surface area contributed by atoms with Crippen molar-refractivity contribution in [2.24, 2.45) is 0 Å². The molecule has 0 bridgehead atoms. The molecule has 0 aromatic carbocycles. The molecule has 0 aliphatic rings. The maximum Gasteiger partial charge on any atom is 0.185 e. The first kappa shape index (κ1) is 13.3. The summed E-state index contributed by atoms with van der Waals surface area (Å²) < 4.78 is 7.44. The van der Waals surface area contributed by atoms with Crippen LogP contribution in [0.3, 0.4) is 0 Å². The van der Waals surface area contributed by atoms with Crippen LogP contribution in [-0.2, 0) is 6.54 Å². The second kappa shape index (κ2) is 5.26. The minimum absolute atomic E-state index is 0.0407.